The minimum absolute atomic E-state index is 0.368. The first kappa shape index (κ1) is 9.11. The van der Waals surface area contributed by atoms with E-state index in [2.05, 4.69) is 20.1 Å². The molecule has 0 radical (unpaired) electrons. The van der Waals surface area contributed by atoms with Crippen molar-refractivity contribution in [3.8, 4) is 0 Å². The highest BCUT2D eigenvalue weighted by atomic mass is 32.2. The summed E-state index contributed by atoms with van der Waals surface area (Å²) in [4.78, 5) is 11.1. The standard InChI is InChI=1S/C9H16OS/c1-9(2)5-4-7(10)6-8(9)11-3/h8H,4-6H2,1-3H3. The number of hydrogen-bond donors (Lipinski definition) is 0. The Balaban J connectivity index is 2.63. The van der Waals surface area contributed by atoms with Crippen molar-refractivity contribution in [2.75, 3.05) is 6.26 Å². The van der Waals surface area contributed by atoms with Crippen LogP contribution >= 0.6 is 11.8 Å². The quantitative estimate of drug-likeness (QED) is 0.604. The van der Waals surface area contributed by atoms with Gasteiger partial charge in [0, 0.05) is 18.1 Å². The summed E-state index contributed by atoms with van der Waals surface area (Å²) < 4.78 is 0. The van der Waals surface area contributed by atoms with Gasteiger partial charge in [0.1, 0.15) is 5.78 Å². The van der Waals surface area contributed by atoms with E-state index >= 15 is 0 Å². The molecule has 0 saturated heterocycles. The topological polar surface area (TPSA) is 17.1 Å². The molecule has 2 heteroatoms. The zero-order valence-electron chi connectivity index (χ0n) is 7.52. The maximum atomic E-state index is 11.1. The van der Waals surface area contributed by atoms with Crippen LogP contribution in [0.3, 0.4) is 0 Å². The predicted molar refractivity (Wildman–Crippen MR) is 49.9 cm³/mol. The minimum Gasteiger partial charge on any atom is -0.300 e. The lowest BCUT2D eigenvalue weighted by Gasteiger charge is -2.36. The van der Waals surface area contributed by atoms with Crippen molar-refractivity contribution in [3.63, 3.8) is 0 Å². The third kappa shape index (κ3) is 1.98. The van der Waals surface area contributed by atoms with Gasteiger partial charge in [-0.25, -0.2) is 0 Å². The molecule has 0 aromatic heterocycles. The van der Waals surface area contributed by atoms with Crippen molar-refractivity contribution in [3.05, 3.63) is 0 Å². The number of ketones is 1. The highest BCUT2D eigenvalue weighted by Crippen LogP contribution is 2.40. The van der Waals surface area contributed by atoms with E-state index in [1.54, 1.807) is 0 Å². The average molecular weight is 172 g/mol. The van der Waals surface area contributed by atoms with Crippen LogP contribution in [0, 0.1) is 5.41 Å². The van der Waals surface area contributed by atoms with Gasteiger partial charge in [-0.2, -0.15) is 11.8 Å². The molecule has 0 spiro atoms. The molecule has 1 nitrogen and oxygen atoms in total. The Morgan fingerprint density at radius 1 is 1.55 bits per heavy atom. The van der Waals surface area contributed by atoms with E-state index in [-0.39, 0.29) is 0 Å². The van der Waals surface area contributed by atoms with E-state index in [0.717, 1.165) is 19.3 Å². The maximum Gasteiger partial charge on any atom is 0.134 e. The van der Waals surface area contributed by atoms with Crippen LogP contribution in [0.25, 0.3) is 0 Å². The zero-order chi connectivity index (χ0) is 8.48. The molecule has 0 aliphatic heterocycles. The first-order valence-corrected chi connectivity index (χ1v) is 5.39. The van der Waals surface area contributed by atoms with Gasteiger partial charge >= 0.3 is 0 Å². The molecule has 1 atom stereocenters. The lowest BCUT2D eigenvalue weighted by Crippen LogP contribution is -2.34. The zero-order valence-corrected chi connectivity index (χ0v) is 8.33. The van der Waals surface area contributed by atoms with Crippen molar-refractivity contribution >= 4 is 17.5 Å². The average Bonchev–Trinajstić information content (AvgIpc) is 1.94. The monoisotopic (exact) mass is 172 g/mol. The van der Waals surface area contributed by atoms with Gasteiger partial charge in [-0.3, -0.25) is 4.79 Å². The largest absolute Gasteiger partial charge is 0.300 e. The van der Waals surface area contributed by atoms with Crippen molar-refractivity contribution in [2.45, 2.75) is 38.4 Å². The summed E-state index contributed by atoms with van der Waals surface area (Å²) in [6.07, 6.45) is 4.75. The second kappa shape index (κ2) is 3.18. The van der Waals surface area contributed by atoms with Gasteiger partial charge in [0.15, 0.2) is 0 Å². The fraction of sp³-hybridized carbons (Fsp3) is 0.889. The Labute approximate surface area is 72.9 Å². The first-order chi connectivity index (χ1) is 5.06. The molecule has 0 amide bonds. The van der Waals surface area contributed by atoms with Gasteiger partial charge in [-0.1, -0.05) is 13.8 Å². The Morgan fingerprint density at radius 3 is 2.64 bits per heavy atom. The highest BCUT2D eigenvalue weighted by molar-refractivity contribution is 7.99. The van der Waals surface area contributed by atoms with E-state index in [9.17, 15) is 4.79 Å². The third-order valence-electron chi connectivity index (χ3n) is 2.62. The van der Waals surface area contributed by atoms with Gasteiger partial charge in [0.2, 0.25) is 0 Å². The maximum absolute atomic E-state index is 11.1. The van der Waals surface area contributed by atoms with Crippen molar-refractivity contribution in [1.82, 2.24) is 0 Å². The van der Waals surface area contributed by atoms with Gasteiger partial charge in [-0.05, 0) is 18.1 Å². The van der Waals surface area contributed by atoms with Crippen LogP contribution < -0.4 is 0 Å². The molecule has 1 unspecified atom stereocenters. The number of thioether (sulfide) groups is 1. The van der Waals surface area contributed by atoms with Crippen LogP contribution in [0.15, 0.2) is 0 Å². The summed E-state index contributed by atoms with van der Waals surface area (Å²) in [7, 11) is 0. The molecular weight excluding hydrogens is 156 g/mol. The summed E-state index contributed by atoms with van der Waals surface area (Å²) in [6.45, 7) is 4.53. The van der Waals surface area contributed by atoms with Crippen molar-refractivity contribution in [2.24, 2.45) is 5.41 Å². The van der Waals surface area contributed by atoms with E-state index in [1.165, 1.54) is 0 Å². The SMILES string of the molecule is CSC1CC(=O)CCC1(C)C. The molecule has 1 aliphatic carbocycles. The number of carbonyl (C=O) groups is 1. The van der Waals surface area contributed by atoms with Crippen LogP contribution in [0.2, 0.25) is 0 Å². The molecule has 0 aromatic carbocycles. The number of rotatable bonds is 1. The van der Waals surface area contributed by atoms with Crippen LogP contribution in [0.1, 0.15) is 33.1 Å². The fourth-order valence-electron chi connectivity index (χ4n) is 1.61. The van der Waals surface area contributed by atoms with E-state index in [4.69, 9.17) is 0 Å². The molecule has 0 heterocycles. The molecule has 1 rings (SSSR count). The van der Waals surface area contributed by atoms with Gasteiger partial charge in [0.25, 0.3) is 0 Å². The summed E-state index contributed by atoms with van der Waals surface area (Å²) in [5, 5.41) is 0.545. The van der Waals surface area contributed by atoms with Crippen LogP contribution in [-0.4, -0.2) is 17.3 Å². The first-order valence-electron chi connectivity index (χ1n) is 4.11. The summed E-state index contributed by atoms with van der Waals surface area (Å²) in [5.41, 5.74) is 0.368. The summed E-state index contributed by atoms with van der Waals surface area (Å²) in [5.74, 6) is 0.448. The normalized spacial score (nSPS) is 30.5. The van der Waals surface area contributed by atoms with Crippen LogP contribution in [0.5, 0.6) is 0 Å². The number of carbonyl (C=O) groups excluding carboxylic acids is 1. The Bertz CT molecular complexity index is 163. The van der Waals surface area contributed by atoms with Crippen LogP contribution in [0.4, 0.5) is 0 Å². The lowest BCUT2D eigenvalue weighted by molar-refractivity contribution is -0.121. The van der Waals surface area contributed by atoms with Gasteiger partial charge in [-0.15, -0.1) is 0 Å². The Morgan fingerprint density at radius 2 is 2.18 bits per heavy atom. The summed E-state index contributed by atoms with van der Waals surface area (Å²) in [6, 6.07) is 0. The second-order valence-corrected chi connectivity index (χ2v) is 5.00. The molecule has 1 saturated carbocycles. The number of hydrogen-bond acceptors (Lipinski definition) is 2. The third-order valence-corrected chi connectivity index (χ3v) is 3.99. The lowest BCUT2D eigenvalue weighted by atomic mass is 9.76. The van der Waals surface area contributed by atoms with E-state index in [0.29, 0.717) is 16.4 Å². The molecular formula is C9H16OS. The fourth-order valence-corrected chi connectivity index (χ4v) is 2.72. The van der Waals surface area contributed by atoms with E-state index < -0.39 is 0 Å². The van der Waals surface area contributed by atoms with Crippen LogP contribution in [-0.2, 0) is 4.79 Å². The molecule has 0 bridgehead atoms. The molecule has 64 valence electrons. The minimum atomic E-state index is 0.368. The predicted octanol–water partition coefficient (Wildman–Crippen LogP) is 2.50. The molecule has 0 aromatic rings. The molecule has 1 fully saturated rings. The van der Waals surface area contributed by atoms with Gasteiger partial charge < -0.3 is 0 Å². The second-order valence-electron chi connectivity index (χ2n) is 3.96. The van der Waals surface area contributed by atoms with E-state index in [1.807, 2.05) is 11.8 Å². The highest BCUT2D eigenvalue weighted by Gasteiger charge is 2.34. The summed E-state index contributed by atoms with van der Waals surface area (Å²) >= 11 is 1.84. The number of Topliss-reactive ketones (excluding diaryl/α,β-unsaturated/α-hetero) is 1. The van der Waals surface area contributed by atoms with Gasteiger partial charge in [0.05, 0.1) is 0 Å². The molecule has 0 N–H and O–H groups in total. The Hall–Kier alpha value is 0.0200. The Kier molecular flexibility index (Phi) is 2.63. The van der Waals surface area contributed by atoms with Crippen molar-refractivity contribution < 1.29 is 4.79 Å². The smallest absolute Gasteiger partial charge is 0.134 e. The molecule has 1 aliphatic rings. The molecule has 11 heavy (non-hydrogen) atoms. The van der Waals surface area contributed by atoms with Crippen molar-refractivity contribution in [1.29, 1.82) is 0 Å².